The number of nitrogen functional groups attached to an aromatic ring is 1. The van der Waals surface area contributed by atoms with Gasteiger partial charge in [0.05, 0.1) is 11.9 Å². The third-order valence-electron chi connectivity index (χ3n) is 2.31. The summed E-state index contributed by atoms with van der Waals surface area (Å²) in [4.78, 5) is 8.23. The van der Waals surface area contributed by atoms with Gasteiger partial charge in [0.2, 0.25) is 0 Å². The van der Waals surface area contributed by atoms with Gasteiger partial charge in [0.1, 0.15) is 12.1 Å². The first kappa shape index (κ1) is 9.64. The van der Waals surface area contributed by atoms with Crippen molar-refractivity contribution in [3.05, 3.63) is 24.3 Å². The van der Waals surface area contributed by atoms with Crippen molar-refractivity contribution in [2.45, 2.75) is 13.3 Å². The number of anilines is 1. The second kappa shape index (κ2) is 3.68. The van der Waals surface area contributed by atoms with Gasteiger partial charge in [0.25, 0.3) is 0 Å². The first-order valence-corrected chi connectivity index (χ1v) is 4.80. The minimum atomic E-state index is 0.548. The van der Waals surface area contributed by atoms with Gasteiger partial charge in [-0.1, -0.05) is 6.92 Å². The van der Waals surface area contributed by atoms with E-state index in [2.05, 4.69) is 15.1 Å². The fourth-order valence-corrected chi connectivity index (χ4v) is 1.57. The summed E-state index contributed by atoms with van der Waals surface area (Å²) in [6, 6.07) is 0. The fourth-order valence-electron chi connectivity index (χ4n) is 1.57. The van der Waals surface area contributed by atoms with E-state index in [9.17, 15) is 0 Å². The molecule has 0 radical (unpaired) electrons. The minimum Gasteiger partial charge on any atom is -0.383 e. The van der Waals surface area contributed by atoms with E-state index in [1.165, 1.54) is 6.33 Å². The summed E-state index contributed by atoms with van der Waals surface area (Å²) in [7, 11) is 1.87. The molecule has 0 saturated carbocycles. The van der Waals surface area contributed by atoms with Gasteiger partial charge in [-0.3, -0.25) is 4.68 Å². The molecule has 0 aliphatic heterocycles. The van der Waals surface area contributed by atoms with Crippen LogP contribution < -0.4 is 5.73 Å². The Bertz CT molecular complexity index is 474. The van der Waals surface area contributed by atoms with Crippen molar-refractivity contribution in [3.63, 3.8) is 0 Å². The molecule has 0 atom stereocenters. The van der Waals surface area contributed by atoms with E-state index < -0.39 is 0 Å². The topological polar surface area (TPSA) is 69.6 Å². The molecule has 78 valence electrons. The van der Waals surface area contributed by atoms with E-state index >= 15 is 0 Å². The molecule has 0 amide bonds. The molecule has 2 rings (SSSR count). The van der Waals surface area contributed by atoms with Crippen molar-refractivity contribution in [2.75, 3.05) is 5.73 Å². The molecule has 2 aromatic heterocycles. The second-order valence-corrected chi connectivity index (χ2v) is 3.34. The molecule has 0 aliphatic carbocycles. The highest BCUT2D eigenvalue weighted by Gasteiger charge is 2.10. The molecule has 2 aromatic rings. The number of nitrogens with zero attached hydrogens (tertiary/aromatic N) is 4. The summed E-state index contributed by atoms with van der Waals surface area (Å²) in [6.45, 7) is 2.04. The second-order valence-electron chi connectivity index (χ2n) is 3.34. The van der Waals surface area contributed by atoms with Crippen LogP contribution in [0, 0.1) is 0 Å². The van der Waals surface area contributed by atoms with E-state index in [4.69, 9.17) is 5.73 Å². The summed E-state index contributed by atoms with van der Waals surface area (Å²) in [5.74, 6) is 0.548. The lowest BCUT2D eigenvalue weighted by molar-refractivity contribution is 0.768. The quantitative estimate of drug-likeness (QED) is 0.791. The smallest absolute Gasteiger partial charge is 0.130 e. The van der Waals surface area contributed by atoms with Crippen molar-refractivity contribution in [1.29, 1.82) is 0 Å². The van der Waals surface area contributed by atoms with Crippen LogP contribution >= 0.6 is 0 Å². The predicted molar refractivity (Wildman–Crippen MR) is 58.0 cm³/mol. The van der Waals surface area contributed by atoms with Crippen LogP contribution in [-0.4, -0.2) is 19.7 Å². The van der Waals surface area contributed by atoms with Crippen molar-refractivity contribution in [3.8, 4) is 11.3 Å². The number of hydrogen-bond donors (Lipinski definition) is 1. The summed E-state index contributed by atoms with van der Waals surface area (Å²) < 4.78 is 1.74. The highest BCUT2D eigenvalue weighted by Crippen LogP contribution is 2.23. The highest BCUT2D eigenvalue weighted by molar-refractivity contribution is 5.65. The molecule has 5 nitrogen and oxygen atoms in total. The molecule has 2 heterocycles. The van der Waals surface area contributed by atoms with Gasteiger partial charge in [0.15, 0.2) is 0 Å². The zero-order chi connectivity index (χ0) is 10.8. The Morgan fingerprint density at radius 2 is 2.20 bits per heavy atom. The fraction of sp³-hybridized carbons (Fsp3) is 0.300. The largest absolute Gasteiger partial charge is 0.383 e. The first-order valence-electron chi connectivity index (χ1n) is 4.80. The van der Waals surface area contributed by atoms with Crippen LogP contribution in [0.3, 0.4) is 0 Å². The van der Waals surface area contributed by atoms with Crippen molar-refractivity contribution >= 4 is 5.82 Å². The average molecular weight is 203 g/mol. The molecule has 0 unspecified atom stereocenters. The third-order valence-corrected chi connectivity index (χ3v) is 2.31. The predicted octanol–water partition coefficient (Wildman–Crippen LogP) is 1.02. The molecule has 0 spiro atoms. The van der Waals surface area contributed by atoms with Crippen molar-refractivity contribution in [1.82, 2.24) is 19.7 Å². The van der Waals surface area contributed by atoms with Gasteiger partial charge in [-0.15, -0.1) is 0 Å². The lowest BCUT2D eigenvalue weighted by Gasteiger charge is -2.05. The van der Waals surface area contributed by atoms with Gasteiger partial charge in [0, 0.05) is 24.4 Å². The van der Waals surface area contributed by atoms with Gasteiger partial charge < -0.3 is 5.73 Å². The molecule has 2 N–H and O–H groups in total. The summed E-state index contributed by atoms with van der Waals surface area (Å²) in [6.07, 6.45) is 6.00. The summed E-state index contributed by atoms with van der Waals surface area (Å²) >= 11 is 0. The van der Waals surface area contributed by atoms with Crippen LogP contribution in [0.1, 0.15) is 12.5 Å². The molecular formula is C10H13N5. The lowest BCUT2D eigenvalue weighted by Crippen LogP contribution is -2.00. The molecule has 0 fully saturated rings. The van der Waals surface area contributed by atoms with Crippen molar-refractivity contribution < 1.29 is 0 Å². The van der Waals surface area contributed by atoms with Crippen LogP contribution in [0.5, 0.6) is 0 Å². The van der Waals surface area contributed by atoms with Crippen LogP contribution in [0.2, 0.25) is 0 Å². The maximum atomic E-state index is 5.80. The van der Waals surface area contributed by atoms with Crippen LogP contribution in [-0.2, 0) is 13.5 Å². The minimum absolute atomic E-state index is 0.548. The number of aryl methyl sites for hydroxylation is 1. The van der Waals surface area contributed by atoms with Crippen molar-refractivity contribution in [2.24, 2.45) is 7.05 Å². The van der Waals surface area contributed by atoms with Crippen LogP contribution in [0.25, 0.3) is 11.3 Å². The number of rotatable bonds is 2. The maximum Gasteiger partial charge on any atom is 0.130 e. The van der Waals surface area contributed by atoms with E-state index in [0.29, 0.717) is 5.82 Å². The third kappa shape index (κ3) is 1.68. The Kier molecular flexibility index (Phi) is 2.37. The number of hydrogen-bond acceptors (Lipinski definition) is 4. The van der Waals surface area contributed by atoms with Crippen LogP contribution in [0.4, 0.5) is 5.82 Å². The molecule has 0 bridgehead atoms. The molecule has 0 aromatic carbocycles. The SMILES string of the molecule is CCc1c(N)ncnc1-c1cnn(C)c1. The molecular weight excluding hydrogens is 190 g/mol. The van der Waals surface area contributed by atoms with E-state index in [-0.39, 0.29) is 0 Å². The molecule has 5 heteroatoms. The maximum absolute atomic E-state index is 5.80. The number of aromatic nitrogens is 4. The average Bonchev–Trinajstić information content (AvgIpc) is 2.64. The molecule has 15 heavy (non-hydrogen) atoms. The Morgan fingerprint density at radius 1 is 1.40 bits per heavy atom. The van der Waals surface area contributed by atoms with Gasteiger partial charge in [-0.2, -0.15) is 5.10 Å². The number of nitrogens with two attached hydrogens (primary N) is 1. The normalized spacial score (nSPS) is 10.5. The standard InChI is InChI=1S/C10H13N5/c1-3-8-9(12-6-13-10(8)11)7-4-14-15(2)5-7/h4-6H,3H2,1-2H3,(H2,11,12,13). The molecule has 0 saturated heterocycles. The lowest BCUT2D eigenvalue weighted by atomic mass is 10.1. The van der Waals surface area contributed by atoms with Crippen LogP contribution in [0.15, 0.2) is 18.7 Å². The van der Waals surface area contributed by atoms with E-state index in [1.807, 2.05) is 20.2 Å². The van der Waals surface area contributed by atoms with Gasteiger partial charge >= 0.3 is 0 Å². The Labute approximate surface area is 88.0 Å². The summed E-state index contributed by atoms with van der Waals surface area (Å²) in [5, 5.41) is 4.11. The van der Waals surface area contributed by atoms with Gasteiger partial charge in [-0.25, -0.2) is 9.97 Å². The molecule has 0 aliphatic rings. The van der Waals surface area contributed by atoms with E-state index in [0.717, 1.165) is 23.2 Å². The first-order chi connectivity index (χ1) is 7.22. The summed E-state index contributed by atoms with van der Waals surface area (Å²) in [5.41, 5.74) is 8.62. The van der Waals surface area contributed by atoms with E-state index in [1.54, 1.807) is 10.9 Å². The zero-order valence-electron chi connectivity index (χ0n) is 8.81. The Hall–Kier alpha value is -1.91. The Balaban J connectivity index is 2.57. The highest BCUT2D eigenvalue weighted by atomic mass is 15.2. The Morgan fingerprint density at radius 3 is 2.80 bits per heavy atom. The monoisotopic (exact) mass is 203 g/mol. The zero-order valence-corrected chi connectivity index (χ0v) is 8.81. The van der Waals surface area contributed by atoms with Gasteiger partial charge in [-0.05, 0) is 6.42 Å².